The third-order valence-corrected chi connectivity index (χ3v) is 4.48. The van der Waals surface area contributed by atoms with E-state index in [2.05, 4.69) is 26.3 Å². The van der Waals surface area contributed by atoms with Crippen molar-refractivity contribution in [1.82, 2.24) is 21.3 Å². The van der Waals surface area contributed by atoms with Crippen molar-refractivity contribution in [2.75, 3.05) is 20.6 Å². The first kappa shape index (κ1) is 23.9. The van der Waals surface area contributed by atoms with Gasteiger partial charge in [0.1, 0.15) is 0 Å². The molecule has 166 valence electrons. The second kappa shape index (κ2) is 11.2. The van der Waals surface area contributed by atoms with Crippen LogP contribution >= 0.6 is 0 Å². The summed E-state index contributed by atoms with van der Waals surface area (Å²) in [5, 5.41) is 12.2. The molecule has 0 fully saturated rings. The molecule has 7 heteroatoms. The van der Waals surface area contributed by atoms with Gasteiger partial charge < -0.3 is 21.3 Å². The van der Waals surface area contributed by atoms with E-state index in [-0.39, 0.29) is 17.4 Å². The molecule has 0 spiro atoms. The van der Waals surface area contributed by atoms with E-state index in [1.165, 1.54) is 0 Å². The van der Waals surface area contributed by atoms with Crippen molar-refractivity contribution in [2.45, 2.75) is 39.3 Å². The maximum atomic E-state index is 12.4. The highest BCUT2D eigenvalue weighted by Gasteiger charge is 2.15. The Morgan fingerprint density at radius 1 is 0.903 bits per heavy atom. The number of hydrogen-bond acceptors (Lipinski definition) is 3. The molecule has 2 amide bonds. The van der Waals surface area contributed by atoms with E-state index in [1.807, 2.05) is 63.2 Å². The van der Waals surface area contributed by atoms with Gasteiger partial charge in [-0.25, -0.2) is 0 Å². The molecule has 0 atom stereocenters. The van der Waals surface area contributed by atoms with Crippen molar-refractivity contribution in [3.8, 4) is 0 Å². The van der Waals surface area contributed by atoms with Gasteiger partial charge in [0.05, 0.1) is 0 Å². The van der Waals surface area contributed by atoms with E-state index in [9.17, 15) is 9.59 Å². The summed E-state index contributed by atoms with van der Waals surface area (Å²) in [5.41, 5.74) is 3.06. The van der Waals surface area contributed by atoms with E-state index in [0.29, 0.717) is 30.2 Å². The molecule has 2 aromatic rings. The van der Waals surface area contributed by atoms with Crippen LogP contribution in [0.5, 0.6) is 0 Å². The molecule has 2 aromatic carbocycles. The maximum absolute atomic E-state index is 12.4. The third-order valence-electron chi connectivity index (χ3n) is 4.48. The van der Waals surface area contributed by atoms with Gasteiger partial charge in [0.25, 0.3) is 11.8 Å². The summed E-state index contributed by atoms with van der Waals surface area (Å²) in [4.78, 5) is 28.4. The topological polar surface area (TPSA) is 94.6 Å². The zero-order chi connectivity index (χ0) is 22.9. The maximum Gasteiger partial charge on any atom is 0.251 e. The van der Waals surface area contributed by atoms with Crippen molar-refractivity contribution >= 4 is 17.8 Å². The molecule has 0 aliphatic rings. The van der Waals surface area contributed by atoms with Gasteiger partial charge in [0.15, 0.2) is 5.96 Å². The summed E-state index contributed by atoms with van der Waals surface area (Å²) in [5.74, 6) is 0.494. The molecule has 0 heterocycles. The molecule has 4 N–H and O–H groups in total. The van der Waals surface area contributed by atoms with Gasteiger partial charge in [-0.15, -0.1) is 0 Å². The second-order valence-electron chi connectivity index (χ2n) is 8.29. The summed E-state index contributed by atoms with van der Waals surface area (Å²) < 4.78 is 0. The zero-order valence-electron chi connectivity index (χ0n) is 19.0. The summed E-state index contributed by atoms with van der Waals surface area (Å²) in [7, 11) is 3.34. The molecule has 0 radical (unpaired) electrons. The fourth-order valence-corrected chi connectivity index (χ4v) is 2.98. The molecule has 0 bridgehead atoms. The molecule has 31 heavy (non-hydrogen) atoms. The smallest absolute Gasteiger partial charge is 0.251 e. The van der Waals surface area contributed by atoms with Gasteiger partial charge in [-0.05, 0) is 62.6 Å². The fraction of sp³-hybridized carbons (Fsp3) is 0.375. The number of rotatable bonds is 7. The number of aliphatic imine (C=N–C) groups is 1. The average molecular weight is 424 g/mol. The van der Waals surface area contributed by atoms with Gasteiger partial charge in [-0.1, -0.05) is 24.3 Å². The van der Waals surface area contributed by atoms with Crippen LogP contribution in [0.4, 0.5) is 0 Å². The SMILES string of the molecule is CN=C(NCCc1cccc(C(=O)NC)c1)NCc1cccc(C(=O)NC(C)(C)C)c1. The van der Waals surface area contributed by atoms with Crippen LogP contribution in [-0.4, -0.2) is 44.0 Å². The first-order chi connectivity index (χ1) is 14.7. The van der Waals surface area contributed by atoms with Crippen LogP contribution < -0.4 is 21.3 Å². The Labute approximate surface area is 184 Å². The summed E-state index contributed by atoms with van der Waals surface area (Å²) in [6.45, 7) is 7.09. The molecule has 0 saturated carbocycles. The number of hydrogen-bond donors (Lipinski definition) is 4. The molecule has 0 saturated heterocycles. The first-order valence-electron chi connectivity index (χ1n) is 10.4. The number of nitrogens with zero attached hydrogens (tertiary/aromatic N) is 1. The Morgan fingerprint density at radius 2 is 1.52 bits per heavy atom. The molecule has 0 unspecified atom stereocenters. The van der Waals surface area contributed by atoms with Crippen LogP contribution in [-0.2, 0) is 13.0 Å². The molecular formula is C24H33N5O2. The number of nitrogens with one attached hydrogen (secondary N) is 4. The quantitative estimate of drug-likeness (QED) is 0.407. The predicted octanol–water partition coefficient (Wildman–Crippen LogP) is 2.48. The Balaban J connectivity index is 1.87. The number of amides is 2. The lowest BCUT2D eigenvalue weighted by molar-refractivity contribution is 0.0918. The third kappa shape index (κ3) is 8.12. The van der Waals surface area contributed by atoms with Crippen molar-refractivity contribution in [2.24, 2.45) is 4.99 Å². The largest absolute Gasteiger partial charge is 0.356 e. The van der Waals surface area contributed by atoms with Crippen LogP contribution in [0.3, 0.4) is 0 Å². The van der Waals surface area contributed by atoms with Crippen molar-refractivity contribution in [1.29, 1.82) is 0 Å². The van der Waals surface area contributed by atoms with E-state index in [0.717, 1.165) is 17.5 Å². The number of guanidine groups is 1. The number of carbonyl (C=O) groups is 2. The molecular weight excluding hydrogens is 390 g/mol. The van der Waals surface area contributed by atoms with Crippen molar-refractivity contribution in [3.05, 3.63) is 70.8 Å². The van der Waals surface area contributed by atoms with Crippen molar-refractivity contribution in [3.63, 3.8) is 0 Å². The lowest BCUT2D eigenvalue weighted by Crippen LogP contribution is -2.40. The Hall–Kier alpha value is -3.35. The van der Waals surface area contributed by atoms with Crippen LogP contribution in [0, 0.1) is 0 Å². The van der Waals surface area contributed by atoms with Gasteiger partial charge in [-0.2, -0.15) is 0 Å². The summed E-state index contributed by atoms with van der Waals surface area (Å²) in [6, 6.07) is 15.1. The molecule has 0 aliphatic carbocycles. The normalized spacial score (nSPS) is 11.6. The minimum Gasteiger partial charge on any atom is -0.356 e. The first-order valence-corrected chi connectivity index (χ1v) is 10.4. The number of benzene rings is 2. The Morgan fingerprint density at radius 3 is 2.13 bits per heavy atom. The minimum absolute atomic E-state index is 0.0872. The standard InChI is InChI=1S/C24H33N5O2/c1-24(2,3)29-22(31)20-11-7-9-18(15-20)16-28-23(26-5)27-13-12-17-8-6-10-19(14-17)21(30)25-4/h6-11,14-15H,12-13,16H2,1-5H3,(H,25,30)(H,29,31)(H2,26,27,28). The zero-order valence-corrected chi connectivity index (χ0v) is 19.0. The summed E-state index contributed by atoms with van der Waals surface area (Å²) >= 11 is 0. The van der Waals surface area contributed by atoms with Crippen LogP contribution in [0.25, 0.3) is 0 Å². The van der Waals surface area contributed by atoms with E-state index < -0.39 is 0 Å². The average Bonchev–Trinajstić information content (AvgIpc) is 2.74. The van der Waals surface area contributed by atoms with Gasteiger partial charge in [0.2, 0.25) is 0 Å². The summed E-state index contributed by atoms with van der Waals surface area (Å²) in [6.07, 6.45) is 0.758. The highest BCUT2D eigenvalue weighted by molar-refractivity contribution is 5.95. The minimum atomic E-state index is -0.281. The Kier molecular flexibility index (Phi) is 8.61. The lowest BCUT2D eigenvalue weighted by atomic mass is 10.1. The van der Waals surface area contributed by atoms with Gasteiger partial charge in [-0.3, -0.25) is 14.6 Å². The van der Waals surface area contributed by atoms with E-state index in [1.54, 1.807) is 20.2 Å². The molecule has 0 aliphatic heterocycles. The Bertz CT molecular complexity index is 932. The van der Waals surface area contributed by atoms with Gasteiger partial charge >= 0.3 is 0 Å². The van der Waals surface area contributed by atoms with E-state index >= 15 is 0 Å². The lowest BCUT2D eigenvalue weighted by Gasteiger charge is -2.20. The fourth-order valence-electron chi connectivity index (χ4n) is 2.98. The van der Waals surface area contributed by atoms with E-state index in [4.69, 9.17) is 0 Å². The number of carbonyl (C=O) groups excluding carboxylic acids is 2. The van der Waals surface area contributed by atoms with Crippen molar-refractivity contribution < 1.29 is 9.59 Å². The van der Waals surface area contributed by atoms with Crippen LogP contribution in [0.15, 0.2) is 53.5 Å². The molecule has 7 nitrogen and oxygen atoms in total. The molecule has 0 aromatic heterocycles. The van der Waals surface area contributed by atoms with Crippen LogP contribution in [0.2, 0.25) is 0 Å². The highest BCUT2D eigenvalue weighted by atomic mass is 16.2. The second-order valence-corrected chi connectivity index (χ2v) is 8.29. The highest BCUT2D eigenvalue weighted by Crippen LogP contribution is 2.08. The van der Waals surface area contributed by atoms with Gasteiger partial charge in [0, 0.05) is 43.9 Å². The monoisotopic (exact) mass is 423 g/mol. The van der Waals surface area contributed by atoms with Crippen LogP contribution in [0.1, 0.15) is 52.6 Å². The predicted molar refractivity (Wildman–Crippen MR) is 125 cm³/mol. The molecule has 2 rings (SSSR count).